The smallest absolute Gasteiger partial charge is 0.231 e. The fraction of sp³-hybridized carbons (Fsp3) is 0.250. The van der Waals surface area contributed by atoms with E-state index in [0.29, 0.717) is 11.5 Å². The van der Waals surface area contributed by atoms with Gasteiger partial charge in [0.25, 0.3) is 0 Å². The van der Waals surface area contributed by atoms with Crippen LogP contribution in [-0.2, 0) is 6.61 Å². The molecule has 0 aliphatic carbocycles. The Labute approximate surface area is 122 Å². The summed E-state index contributed by atoms with van der Waals surface area (Å²) in [6.45, 7) is 2.29. The van der Waals surface area contributed by atoms with Crippen LogP contribution in [0.1, 0.15) is 24.1 Å². The molecule has 21 heavy (non-hydrogen) atoms. The summed E-state index contributed by atoms with van der Waals surface area (Å²) in [5.74, 6) is 1.19. The van der Waals surface area contributed by atoms with Crippen molar-refractivity contribution in [1.29, 1.82) is 0 Å². The van der Waals surface area contributed by atoms with Gasteiger partial charge in [-0.25, -0.2) is 4.39 Å². The monoisotopic (exact) mass is 289 g/mol. The van der Waals surface area contributed by atoms with Crippen LogP contribution in [0.2, 0.25) is 0 Å². The third-order valence-electron chi connectivity index (χ3n) is 3.31. The first-order valence-electron chi connectivity index (χ1n) is 6.70. The normalized spacial score (nSPS) is 14.0. The first-order chi connectivity index (χ1) is 10.1. The lowest BCUT2D eigenvalue weighted by atomic mass is 10.1. The Hall–Kier alpha value is -2.27. The second-order valence-corrected chi connectivity index (χ2v) is 4.95. The molecule has 2 aromatic rings. The minimum Gasteiger partial charge on any atom is -0.486 e. The molecule has 1 atom stereocenters. The maximum absolute atomic E-state index is 13.9. The number of fused-ring (bicyclic) bond motifs is 1. The van der Waals surface area contributed by atoms with Crippen molar-refractivity contribution < 1.29 is 18.6 Å². The van der Waals surface area contributed by atoms with E-state index in [9.17, 15) is 4.39 Å². The van der Waals surface area contributed by atoms with Crippen molar-refractivity contribution in [2.75, 3.05) is 6.79 Å². The first-order valence-corrected chi connectivity index (χ1v) is 6.70. The van der Waals surface area contributed by atoms with Crippen LogP contribution in [0.4, 0.5) is 4.39 Å². The van der Waals surface area contributed by atoms with Crippen molar-refractivity contribution >= 4 is 0 Å². The highest BCUT2D eigenvalue weighted by Gasteiger charge is 2.14. The molecule has 0 saturated heterocycles. The molecule has 3 rings (SSSR count). The van der Waals surface area contributed by atoms with Gasteiger partial charge in [-0.05, 0) is 42.3 Å². The van der Waals surface area contributed by atoms with Crippen LogP contribution < -0.4 is 19.9 Å². The molecule has 2 aromatic carbocycles. The van der Waals surface area contributed by atoms with E-state index in [1.165, 1.54) is 6.07 Å². The molecule has 0 radical (unpaired) electrons. The predicted molar refractivity (Wildman–Crippen MR) is 75.9 cm³/mol. The van der Waals surface area contributed by atoms with Gasteiger partial charge >= 0.3 is 0 Å². The molecule has 0 saturated carbocycles. The fourth-order valence-electron chi connectivity index (χ4n) is 2.11. The minimum atomic E-state index is -0.412. The van der Waals surface area contributed by atoms with Gasteiger partial charge in [0.1, 0.15) is 6.61 Å². The third-order valence-corrected chi connectivity index (χ3v) is 3.31. The van der Waals surface area contributed by atoms with Gasteiger partial charge in [-0.3, -0.25) is 0 Å². The van der Waals surface area contributed by atoms with Crippen LogP contribution in [0.3, 0.4) is 0 Å². The largest absolute Gasteiger partial charge is 0.486 e. The summed E-state index contributed by atoms with van der Waals surface area (Å²) in [7, 11) is 0. The zero-order valence-corrected chi connectivity index (χ0v) is 11.6. The predicted octanol–water partition coefficient (Wildman–Crippen LogP) is 3.15. The number of benzene rings is 2. The van der Waals surface area contributed by atoms with E-state index in [2.05, 4.69) is 0 Å². The van der Waals surface area contributed by atoms with Crippen LogP contribution in [0.15, 0.2) is 36.4 Å². The van der Waals surface area contributed by atoms with Crippen molar-refractivity contribution in [3.05, 3.63) is 53.3 Å². The van der Waals surface area contributed by atoms with Gasteiger partial charge < -0.3 is 19.9 Å². The number of halogens is 1. The van der Waals surface area contributed by atoms with Crippen molar-refractivity contribution in [1.82, 2.24) is 0 Å². The second kappa shape index (κ2) is 5.61. The highest BCUT2D eigenvalue weighted by molar-refractivity contribution is 5.44. The first kappa shape index (κ1) is 13.7. The van der Waals surface area contributed by atoms with E-state index >= 15 is 0 Å². The quantitative estimate of drug-likeness (QED) is 0.939. The summed E-state index contributed by atoms with van der Waals surface area (Å²) in [5, 5.41) is 0. The van der Waals surface area contributed by atoms with Crippen molar-refractivity contribution in [2.24, 2.45) is 5.73 Å². The summed E-state index contributed by atoms with van der Waals surface area (Å²) >= 11 is 0. The molecule has 0 bridgehead atoms. The van der Waals surface area contributed by atoms with Crippen molar-refractivity contribution in [2.45, 2.75) is 19.6 Å². The van der Waals surface area contributed by atoms with Crippen LogP contribution in [0.25, 0.3) is 0 Å². The molecule has 0 fully saturated rings. The third kappa shape index (κ3) is 2.92. The minimum absolute atomic E-state index is 0.206. The topological polar surface area (TPSA) is 53.7 Å². The molecule has 0 amide bonds. The average Bonchev–Trinajstić information content (AvgIpc) is 2.93. The number of rotatable bonds is 4. The Bertz CT molecular complexity index is 658. The number of hydrogen-bond acceptors (Lipinski definition) is 4. The van der Waals surface area contributed by atoms with E-state index in [-0.39, 0.29) is 25.2 Å². The maximum atomic E-state index is 13.9. The van der Waals surface area contributed by atoms with E-state index in [0.717, 1.165) is 11.1 Å². The van der Waals surface area contributed by atoms with Gasteiger partial charge in [0.15, 0.2) is 23.1 Å². The van der Waals surface area contributed by atoms with E-state index in [1.807, 2.05) is 25.1 Å². The molecule has 0 spiro atoms. The highest BCUT2D eigenvalue weighted by atomic mass is 19.1. The Kier molecular flexibility index (Phi) is 3.66. The van der Waals surface area contributed by atoms with Crippen molar-refractivity contribution in [3.8, 4) is 17.2 Å². The average molecular weight is 289 g/mol. The fourth-order valence-corrected chi connectivity index (χ4v) is 2.11. The summed E-state index contributed by atoms with van der Waals surface area (Å²) in [5.41, 5.74) is 7.34. The molecule has 1 aliphatic heterocycles. The van der Waals surface area contributed by atoms with Crippen molar-refractivity contribution in [3.63, 3.8) is 0 Å². The standard InChI is InChI=1S/C16H16FNO3/c1-10(18)12-3-5-14(13(17)7-12)19-8-11-2-4-15-16(6-11)21-9-20-15/h2-7,10H,8-9,18H2,1H3. The Morgan fingerprint density at radius 1 is 1.19 bits per heavy atom. The molecule has 1 unspecified atom stereocenters. The van der Waals surface area contributed by atoms with Gasteiger partial charge in [-0.1, -0.05) is 12.1 Å². The van der Waals surface area contributed by atoms with Crippen LogP contribution >= 0.6 is 0 Å². The molecule has 2 N–H and O–H groups in total. The molecule has 110 valence electrons. The molecule has 0 aromatic heterocycles. The van der Waals surface area contributed by atoms with Crippen LogP contribution in [-0.4, -0.2) is 6.79 Å². The van der Waals surface area contributed by atoms with Crippen LogP contribution in [0.5, 0.6) is 17.2 Å². The Morgan fingerprint density at radius 2 is 2.00 bits per heavy atom. The van der Waals surface area contributed by atoms with Gasteiger partial charge in [-0.2, -0.15) is 0 Å². The molecule has 5 heteroatoms. The maximum Gasteiger partial charge on any atom is 0.231 e. The molecule has 4 nitrogen and oxygen atoms in total. The molecule has 1 heterocycles. The zero-order chi connectivity index (χ0) is 14.8. The van der Waals surface area contributed by atoms with Crippen LogP contribution in [0, 0.1) is 5.82 Å². The lowest BCUT2D eigenvalue weighted by Crippen LogP contribution is -2.06. The highest BCUT2D eigenvalue weighted by Crippen LogP contribution is 2.33. The second-order valence-electron chi connectivity index (χ2n) is 4.95. The lowest BCUT2D eigenvalue weighted by Gasteiger charge is -2.10. The van der Waals surface area contributed by atoms with Gasteiger partial charge in [0, 0.05) is 6.04 Å². The summed E-state index contributed by atoms with van der Waals surface area (Å²) < 4.78 is 29.9. The SMILES string of the molecule is CC(N)c1ccc(OCc2ccc3c(c2)OCO3)c(F)c1. The van der Waals surface area contributed by atoms with Gasteiger partial charge in [0.2, 0.25) is 6.79 Å². The Morgan fingerprint density at radius 3 is 2.76 bits per heavy atom. The molecule has 1 aliphatic rings. The van der Waals surface area contributed by atoms with E-state index in [4.69, 9.17) is 19.9 Å². The number of nitrogens with two attached hydrogens (primary N) is 1. The van der Waals surface area contributed by atoms with Gasteiger partial charge in [-0.15, -0.1) is 0 Å². The zero-order valence-electron chi connectivity index (χ0n) is 11.6. The molecular formula is C16H16FNO3. The Balaban J connectivity index is 1.70. The van der Waals surface area contributed by atoms with E-state index in [1.54, 1.807) is 12.1 Å². The van der Waals surface area contributed by atoms with E-state index < -0.39 is 5.82 Å². The summed E-state index contributed by atoms with van der Waals surface area (Å²) in [6.07, 6.45) is 0. The van der Waals surface area contributed by atoms with Gasteiger partial charge in [0.05, 0.1) is 0 Å². The molecular weight excluding hydrogens is 273 g/mol. The summed E-state index contributed by atoms with van der Waals surface area (Å²) in [6, 6.07) is 10.1. The lowest BCUT2D eigenvalue weighted by molar-refractivity contribution is 0.174. The number of hydrogen-bond donors (Lipinski definition) is 1. The summed E-state index contributed by atoms with van der Waals surface area (Å²) in [4.78, 5) is 0. The number of ether oxygens (including phenoxy) is 3.